The number of carbonyl (C=O) groups is 1. The van der Waals surface area contributed by atoms with E-state index in [1.807, 2.05) is 55.5 Å². The third-order valence-corrected chi connectivity index (χ3v) is 8.53. The first kappa shape index (κ1) is 31.2. The molecule has 0 amide bonds. The molecule has 0 fully saturated rings. The molecule has 228 valence electrons. The van der Waals surface area contributed by atoms with Crippen molar-refractivity contribution in [2.24, 2.45) is 5.41 Å². The van der Waals surface area contributed by atoms with E-state index in [4.69, 9.17) is 9.72 Å². The van der Waals surface area contributed by atoms with Crippen molar-refractivity contribution < 1.29 is 19.0 Å². The predicted molar refractivity (Wildman–Crippen MR) is 172 cm³/mol. The molecule has 0 saturated heterocycles. The van der Waals surface area contributed by atoms with Crippen LogP contribution < -0.4 is 4.74 Å². The minimum absolute atomic E-state index is 0.150. The van der Waals surface area contributed by atoms with Gasteiger partial charge in [0.15, 0.2) is 0 Å². The molecule has 0 bridgehead atoms. The Kier molecular flexibility index (Phi) is 8.79. The third kappa shape index (κ3) is 7.10. The van der Waals surface area contributed by atoms with E-state index in [0.29, 0.717) is 24.4 Å². The molecule has 0 saturated carbocycles. The van der Waals surface area contributed by atoms with E-state index in [2.05, 4.69) is 35.3 Å². The molecule has 0 radical (unpaired) electrons. The van der Waals surface area contributed by atoms with Crippen molar-refractivity contribution in [3.8, 4) is 17.0 Å². The quantitative estimate of drug-likeness (QED) is 0.159. The van der Waals surface area contributed by atoms with Gasteiger partial charge in [-0.2, -0.15) is 0 Å². The highest BCUT2D eigenvalue weighted by Gasteiger charge is 2.33. The second-order valence-corrected chi connectivity index (χ2v) is 14.4. The average molecular weight is 613 g/mol. The van der Waals surface area contributed by atoms with E-state index in [1.54, 1.807) is 44.1 Å². The molecule has 1 unspecified atom stereocenters. The summed E-state index contributed by atoms with van der Waals surface area (Å²) in [4.78, 5) is 26.8. The van der Waals surface area contributed by atoms with Crippen LogP contribution in [0.1, 0.15) is 64.6 Å². The number of ether oxygens (including phenoxy) is 1. The van der Waals surface area contributed by atoms with Gasteiger partial charge in [-0.25, -0.2) is 9.37 Å². The lowest BCUT2D eigenvalue weighted by atomic mass is 9.88. The largest absolute Gasteiger partial charge is 0.483 e. The second-order valence-electron chi connectivity index (χ2n) is 12.6. The number of nitrogens with zero attached hydrogens (tertiary/aromatic N) is 4. The Labute approximate surface area is 261 Å². The fourth-order valence-corrected chi connectivity index (χ4v) is 6.11. The van der Waals surface area contributed by atoms with Gasteiger partial charge in [-0.1, -0.05) is 51.1 Å². The third-order valence-electron chi connectivity index (χ3n) is 7.26. The normalized spacial score (nSPS) is 12.8. The van der Waals surface area contributed by atoms with Gasteiger partial charge in [0, 0.05) is 45.4 Å². The molecule has 0 aliphatic carbocycles. The number of aliphatic carboxylic acids is 1. The molecule has 4 aromatic heterocycles. The Morgan fingerprint density at radius 2 is 1.75 bits per heavy atom. The van der Waals surface area contributed by atoms with Crippen molar-refractivity contribution in [1.82, 2.24) is 19.5 Å². The molecule has 9 heteroatoms. The van der Waals surface area contributed by atoms with Crippen LogP contribution in [0.2, 0.25) is 0 Å². The zero-order valence-electron chi connectivity index (χ0n) is 25.8. The molecule has 0 aliphatic heterocycles. The highest BCUT2D eigenvalue weighted by molar-refractivity contribution is 8.00. The highest BCUT2D eigenvalue weighted by Crippen LogP contribution is 2.44. The number of thioether (sulfide) groups is 1. The first-order chi connectivity index (χ1) is 20.8. The molecular weight excluding hydrogens is 575 g/mol. The molecule has 1 atom stereocenters. The summed E-state index contributed by atoms with van der Waals surface area (Å²) in [7, 11) is 0. The van der Waals surface area contributed by atoms with Gasteiger partial charge in [0.2, 0.25) is 0 Å². The standard InChI is InChI=1S/C35H37FN4O3S/c1-22(28-9-7-8-16-37-28)43-26-17-27-31(44-34(2,3)4)30(18-35(5,6)33(41)42)40(32(27)39-20-26)21-23-10-12-24(13-11-23)29-15-14-25(36)19-38-29/h7-17,19-20,22H,18,21H2,1-6H3,(H,41,42). The summed E-state index contributed by atoms with van der Waals surface area (Å²) in [5.74, 6) is -0.625. The van der Waals surface area contributed by atoms with Crippen LogP contribution in [-0.2, 0) is 17.8 Å². The van der Waals surface area contributed by atoms with Crippen LogP contribution in [0.4, 0.5) is 4.39 Å². The number of fused-ring (bicyclic) bond motifs is 1. The summed E-state index contributed by atoms with van der Waals surface area (Å²) in [6.45, 7) is 12.4. The molecule has 5 rings (SSSR count). The van der Waals surface area contributed by atoms with Gasteiger partial charge in [-0.15, -0.1) is 11.8 Å². The van der Waals surface area contributed by atoms with Crippen molar-refractivity contribution in [2.75, 3.05) is 0 Å². The number of aromatic nitrogens is 4. The number of halogens is 1. The van der Waals surface area contributed by atoms with Gasteiger partial charge < -0.3 is 14.4 Å². The van der Waals surface area contributed by atoms with E-state index < -0.39 is 11.4 Å². The predicted octanol–water partition coefficient (Wildman–Crippen LogP) is 8.36. The smallest absolute Gasteiger partial charge is 0.309 e. The van der Waals surface area contributed by atoms with E-state index in [-0.39, 0.29) is 16.7 Å². The van der Waals surface area contributed by atoms with Gasteiger partial charge in [0.25, 0.3) is 0 Å². The van der Waals surface area contributed by atoms with Crippen molar-refractivity contribution in [1.29, 1.82) is 0 Å². The molecule has 4 heterocycles. The topological polar surface area (TPSA) is 90.1 Å². The van der Waals surface area contributed by atoms with Gasteiger partial charge in [0.1, 0.15) is 23.3 Å². The van der Waals surface area contributed by atoms with Crippen LogP contribution in [0, 0.1) is 11.2 Å². The van der Waals surface area contributed by atoms with E-state index in [9.17, 15) is 14.3 Å². The van der Waals surface area contributed by atoms with Crippen LogP contribution in [-0.4, -0.2) is 35.3 Å². The Morgan fingerprint density at radius 3 is 2.36 bits per heavy atom. The fourth-order valence-electron chi connectivity index (χ4n) is 4.94. The zero-order valence-corrected chi connectivity index (χ0v) is 26.7. The number of hydrogen-bond acceptors (Lipinski definition) is 6. The number of rotatable bonds is 10. The maximum Gasteiger partial charge on any atom is 0.309 e. The Bertz CT molecular complexity index is 1760. The lowest BCUT2D eigenvalue weighted by molar-refractivity contribution is -0.146. The second kappa shape index (κ2) is 12.4. The average Bonchev–Trinajstić information content (AvgIpc) is 3.23. The summed E-state index contributed by atoms with van der Waals surface area (Å²) in [5.41, 5.74) is 4.06. The molecule has 1 N–H and O–H groups in total. The van der Waals surface area contributed by atoms with E-state index >= 15 is 0 Å². The Morgan fingerprint density at radius 1 is 1.00 bits per heavy atom. The minimum atomic E-state index is -1.01. The van der Waals surface area contributed by atoms with Crippen LogP contribution in [0.5, 0.6) is 5.75 Å². The van der Waals surface area contributed by atoms with Crippen molar-refractivity contribution in [2.45, 2.75) is 70.3 Å². The van der Waals surface area contributed by atoms with Gasteiger partial charge in [-0.3, -0.25) is 14.8 Å². The first-order valence-corrected chi connectivity index (χ1v) is 15.3. The molecule has 0 aliphatic rings. The fraction of sp³-hybridized carbons (Fsp3) is 0.314. The Hall–Kier alpha value is -4.24. The van der Waals surface area contributed by atoms with E-state index in [1.165, 1.54) is 12.3 Å². The summed E-state index contributed by atoms with van der Waals surface area (Å²) in [6.07, 6.45) is 4.71. The summed E-state index contributed by atoms with van der Waals surface area (Å²) in [6, 6.07) is 18.7. The number of carboxylic acid groups (broad SMARTS) is 1. The van der Waals surface area contributed by atoms with Gasteiger partial charge in [0.05, 0.1) is 29.2 Å². The van der Waals surface area contributed by atoms with Crippen LogP contribution in [0.3, 0.4) is 0 Å². The maximum absolute atomic E-state index is 13.4. The highest BCUT2D eigenvalue weighted by atomic mass is 32.2. The number of pyridine rings is 3. The van der Waals surface area contributed by atoms with Crippen molar-refractivity contribution >= 4 is 28.8 Å². The molecule has 1 aromatic carbocycles. The number of carboxylic acids is 1. The lowest BCUT2D eigenvalue weighted by Crippen LogP contribution is -2.28. The van der Waals surface area contributed by atoms with Crippen molar-refractivity contribution in [3.05, 3.63) is 102 Å². The zero-order chi connectivity index (χ0) is 31.6. The molecule has 44 heavy (non-hydrogen) atoms. The van der Waals surface area contributed by atoms with Crippen LogP contribution >= 0.6 is 11.8 Å². The van der Waals surface area contributed by atoms with E-state index in [0.717, 1.165) is 38.4 Å². The molecular formula is C35H37FN4O3S. The molecule has 0 spiro atoms. The van der Waals surface area contributed by atoms with Crippen molar-refractivity contribution in [3.63, 3.8) is 0 Å². The monoisotopic (exact) mass is 612 g/mol. The number of benzene rings is 1. The van der Waals surface area contributed by atoms with Crippen LogP contribution in [0.25, 0.3) is 22.3 Å². The minimum Gasteiger partial charge on any atom is -0.483 e. The Balaban J connectivity index is 1.60. The summed E-state index contributed by atoms with van der Waals surface area (Å²) < 4.78 is 21.7. The van der Waals surface area contributed by atoms with Crippen LogP contribution in [0.15, 0.2) is 84.1 Å². The number of hydrogen-bond donors (Lipinski definition) is 1. The maximum atomic E-state index is 13.4. The SMILES string of the molecule is CC(Oc1cnc2c(c1)c(SC(C)(C)C)c(CC(C)(C)C(=O)O)n2Cc1ccc(-c2ccc(F)cn2)cc1)c1ccccn1. The summed E-state index contributed by atoms with van der Waals surface area (Å²) in [5, 5.41) is 11.0. The molecule has 7 nitrogen and oxygen atoms in total. The summed E-state index contributed by atoms with van der Waals surface area (Å²) >= 11 is 1.70. The lowest BCUT2D eigenvalue weighted by Gasteiger charge is -2.24. The molecule has 5 aromatic rings. The van der Waals surface area contributed by atoms with Gasteiger partial charge >= 0.3 is 5.97 Å². The first-order valence-electron chi connectivity index (χ1n) is 14.5. The van der Waals surface area contributed by atoms with Gasteiger partial charge in [-0.05, 0) is 56.7 Å².